The topological polar surface area (TPSA) is 43.7 Å². The molecule has 0 atom stereocenters. The standard InChI is InChI=1S/C13H16N2O3/c1-14(2)15-8-10(13(16)18-4)9-6-5-7-11(17-3)12(9)15/h5-8H,1-4H3. The number of aromatic nitrogens is 1. The fourth-order valence-corrected chi connectivity index (χ4v) is 1.99. The fourth-order valence-electron chi connectivity index (χ4n) is 1.99. The van der Waals surface area contributed by atoms with E-state index in [9.17, 15) is 4.79 Å². The van der Waals surface area contributed by atoms with Crippen molar-refractivity contribution in [2.45, 2.75) is 0 Å². The first-order chi connectivity index (χ1) is 8.60. The summed E-state index contributed by atoms with van der Waals surface area (Å²) in [6.07, 6.45) is 1.75. The van der Waals surface area contributed by atoms with E-state index in [1.54, 1.807) is 13.3 Å². The van der Waals surface area contributed by atoms with E-state index in [0.717, 1.165) is 16.7 Å². The maximum Gasteiger partial charge on any atom is 0.340 e. The van der Waals surface area contributed by atoms with Crippen LogP contribution in [0.5, 0.6) is 5.75 Å². The summed E-state index contributed by atoms with van der Waals surface area (Å²) in [4.78, 5) is 11.8. The molecule has 0 aliphatic heterocycles. The average Bonchev–Trinajstić information content (AvgIpc) is 2.77. The molecule has 2 aromatic rings. The highest BCUT2D eigenvalue weighted by atomic mass is 16.5. The molecule has 0 spiro atoms. The highest BCUT2D eigenvalue weighted by Crippen LogP contribution is 2.30. The third-order valence-electron chi connectivity index (χ3n) is 2.83. The largest absolute Gasteiger partial charge is 0.494 e. The van der Waals surface area contributed by atoms with Gasteiger partial charge in [0.2, 0.25) is 0 Å². The molecule has 0 radical (unpaired) electrons. The molecule has 18 heavy (non-hydrogen) atoms. The number of benzene rings is 1. The zero-order valence-corrected chi connectivity index (χ0v) is 10.9. The van der Waals surface area contributed by atoms with E-state index in [2.05, 4.69) is 0 Å². The van der Waals surface area contributed by atoms with E-state index < -0.39 is 0 Å². The molecule has 0 N–H and O–H groups in total. The van der Waals surface area contributed by atoms with Crippen LogP contribution in [0.4, 0.5) is 0 Å². The Bertz CT molecular complexity index is 587. The second kappa shape index (κ2) is 4.60. The number of methoxy groups -OCH3 is 2. The van der Waals surface area contributed by atoms with Gasteiger partial charge in [0.25, 0.3) is 0 Å². The molecular formula is C13H16N2O3. The van der Waals surface area contributed by atoms with Gasteiger partial charge < -0.3 is 14.5 Å². The maximum atomic E-state index is 11.8. The minimum Gasteiger partial charge on any atom is -0.494 e. The van der Waals surface area contributed by atoms with Gasteiger partial charge >= 0.3 is 5.97 Å². The Kier molecular flexibility index (Phi) is 3.14. The lowest BCUT2D eigenvalue weighted by Crippen LogP contribution is -2.23. The van der Waals surface area contributed by atoms with E-state index in [-0.39, 0.29) is 5.97 Å². The van der Waals surface area contributed by atoms with E-state index >= 15 is 0 Å². The third kappa shape index (κ3) is 1.77. The molecule has 2 rings (SSSR count). The number of para-hydroxylation sites is 1. The molecule has 1 aromatic carbocycles. The van der Waals surface area contributed by atoms with Gasteiger partial charge in [-0.25, -0.2) is 4.79 Å². The van der Waals surface area contributed by atoms with E-state index in [0.29, 0.717) is 5.56 Å². The molecule has 0 fully saturated rings. The number of carbonyl (C=O) groups excluding carboxylic acids is 1. The van der Waals surface area contributed by atoms with Crippen molar-refractivity contribution in [1.82, 2.24) is 4.68 Å². The minimum atomic E-state index is -0.353. The first-order valence-corrected chi connectivity index (χ1v) is 5.54. The lowest BCUT2D eigenvalue weighted by Gasteiger charge is -2.16. The van der Waals surface area contributed by atoms with Gasteiger partial charge in [0.15, 0.2) is 0 Å². The molecular weight excluding hydrogens is 232 g/mol. The summed E-state index contributed by atoms with van der Waals surface area (Å²) in [5.41, 5.74) is 1.38. The Hall–Kier alpha value is -2.17. The van der Waals surface area contributed by atoms with Crippen molar-refractivity contribution < 1.29 is 14.3 Å². The maximum absolute atomic E-state index is 11.8. The average molecular weight is 248 g/mol. The number of ether oxygens (including phenoxy) is 2. The van der Waals surface area contributed by atoms with Crippen molar-refractivity contribution in [1.29, 1.82) is 0 Å². The van der Waals surface area contributed by atoms with Crippen LogP contribution in [0.1, 0.15) is 10.4 Å². The number of fused-ring (bicyclic) bond motifs is 1. The Balaban J connectivity index is 2.80. The summed E-state index contributed by atoms with van der Waals surface area (Å²) in [7, 11) is 6.78. The van der Waals surface area contributed by atoms with Crippen molar-refractivity contribution in [3.05, 3.63) is 30.0 Å². The smallest absolute Gasteiger partial charge is 0.340 e. The second-order valence-corrected chi connectivity index (χ2v) is 4.08. The van der Waals surface area contributed by atoms with Crippen molar-refractivity contribution in [2.24, 2.45) is 0 Å². The summed E-state index contributed by atoms with van der Waals surface area (Å²) < 4.78 is 12.0. The number of esters is 1. The number of rotatable bonds is 3. The Labute approximate surface area is 105 Å². The van der Waals surface area contributed by atoms with E-state index in [1.165, 1.54) is 7.11 Å². The SMILES string of the molecule is COC(=O)c1cn(N(C)C)c2c(OC)cccc12. The quantitative estimate of drug-likeness (QED) is 0.774. The number of carbonyl (C=O) groups is 1. The Morgan fingerprint density at radius 3 is 2.56 bits per heavy atom. The van der Waals surface area contributed by atoms with Gasteiger partial charge in [-0.1, -0.05) is 12.1 Å². The summed E-state index contributed by atoms with van der Waals surface area (Å²) in [5, 5.41) is 2.69. The van der Waals surface area contributed by atoms with Crippen LogP contribution in [-0.4, -0.2) is 39.0 Å². The highest BCUT2D eigenvalue weighted by molar-refractivity contribution is 6.06. The number of hydrogen-bond acceptors (Lipinski definition) is 4. The van der Waals surface area contributed by atoms with Gasteiger partial charge in [-0.15, -0.1) is 0 Å². The molecule has 1 aromatic heterocycles. The van der Waals surface area contributed by atoms with Gasteiger partial charge in [0, 0.05) is 25.7 Å². The summed E-state index contributed by atoms with van der Waals surface area (Å²) in [6, 6.07) is 5.60. The summed E-state index contributed by atoms with van der Waals surface area (Å²) in [6.45, 7) is 0. The monoisotopic (exact) mass is 248 g/mol. The second-order valence-electron chi connectivity index (χ2n) is 4.08. The first-order valence-electron chi connectivity index (χ1n) is 5.54. The van der Waals surface area contributed by atoms with Crippen LogP contribution in [0.25, 0.3) is 10.9 Å². The lowest BCUT2D eigenvalue weighted by molar-refractivity contribution is 0.0603. The van der Waals surface area contributed by atoms with Crippen LogP contribution >= 0.6 is 0 Å². The lowest BCUT2D eigenvalue weighted by atomic mass is 10.1. The molecule has 0 unspecified atom stereocenters. The predicted octanol–water partition coefficient (Wildman–Crippen LogP) is 1.63. The Morgan fingerprint density at radius 1 is 1.28 bits per heavy atom. The van der Waals surface area contributed by atoms with Gasteiger partial charge in [-0.05, 0) is 6.07 Å². The van der Waals surface area contributed by atoms with E-state index in [4.69, 9.17) is 9.47 Å². The zero-order valence-electron chi connectivity index (χ0n) is 10.9. The molecule has 0 saturated heterocycles. The van der Waals surface area contributed by atoms with Crippen LogP contribution in [0.3, 0.4) is 0 Å². The molecule has 1 heterocycles. The normalized spacial score (nSPS) is 10.4. The van der Waals surface area contributed by atoms with Gasteiger partial charge in [0.1, 0.15) is 11.3 Å². The zero-order chi connectivity index (χ0) is 13.3. The molecule has 5 heteroatoms. The molecule has 0 bridgehead atoms. The van der Waals surface area contributed by atoms with Crippen LogP contribution in [0, 0.1) is 0 Å². The number of nitrogens with zero attached hydrogens (tertiary/aromatic N) is 2. The molecule has 0 saturated carbocycles. The van der Waals surface area contributed by atoms with Crippen molar-refractivity contribution in [3.8, 4) is 5.75 Å². The Morgan fingerprint density at radius 2 is 2.00 bits per heavy atom. The molecule has 0 aliphatic rings. The highest BCUT2D eigenvalue weighted by Gasteiger charge is 2.18. The molecule has 96 valence electrons. The van der Waals surface area contributed by atoms with Gasteiger partial charge in [0.05, 0.1) is 19.8 Å². The summed E-state index contributed by atoms with van der Waals surface area (Å²) >= 11 is 0. The molecule has 0 amide bonds. The fraction of sp³-hybridized carbons (Fsp3) is 0.308. The predicted molar refractivity (Wildman–Crippen MR) is 69.9 cm³/mol. The van der Waals surface area contributed by atoms with Crippen LogP contribution in [0.15, 0.2) is 24.4 Å². The summed E-state index contributed by atoms with van der Waals surface area (Å²) in [5.74, 6) is 0.366. The van der Waals surface area contributed by atoms with Gasteiger partial charge in [-0.3, -0.25) is 4.68 Å². The van der Waals surface area contributed by atoms with E-state index in [1.807, 2.05) is 42.0 Å². The van der Waals surface area contributed by atoms with Crippen molar-refractivity contribution in [2.75, 3.05) is 33.3 Å². The minimum absolute atomic E-state index is 0.353. The van der Waals surface area contributed by atoms with Crippen molar-refractivity contribution >= 4 is 16.9 Å². The van der Waals surface area contributed by atoms with Crippen LogP contribution < -0.4 is 9.75 Å². The third-order valence-corrected chi connectivity index (χ3v) is 2.83. The van der Waals surface area contributed by atoms with Crippen molar-refractivity contribution in [3.63, 3.8) is 0 Å². The van der Waals surface area contributed by atoms with Gasteiger partial charge in [-0.2, -0.15) is 0 Å². The molecule has 5 nitrogen and oxygen atoms in total. The molecule has 0 aliphatic carbocycles. The number of hydrogen-bond donors (Lipinski definition) is 0. The van der Waals surface area contributed by atoms with Crippen LogP contribution in [0.2, 0.25) is 0 Å². The first kappa shape index (κ1) is 12.3. The van der Waals surface area contributed by atoms with Crippen LogP contribution in [-0.2, 0) is 4.74 Å².